The number of alkyl carbamates (subject to hydrolysis) is 1. The molecule has 0 spiro atoms. The number of ether oxygens (including phenoxy) is 2. The molecule has 0 aliphatic rings. The van der Waals surface area contributed by atoms with E-state index in [1.807, 2.05) is 0 Å². The highest BCUT2D eigenvalue weighted by molar-refractivity contribution is 5.81. The Kier molecular flexibility index (Phi) is 8.69. The molecule has 7 nitrogen and oxygen atoms in total. The average molecular weight is 305 g/mol. The Morgan fingerprint density at radius 3 is 1.57 bits per heavy atom. The Morgan fingerprint density at radius 1 is 0.952 bits per heavy atom. The summed E-state index contributed by atoms with van der Waals surface area (Å²) in [6.45, 7) is 13.2. The molecular formula is C14H27NO6. The minimum Gasteiger partial charge on any atom is -0.481 e. The fourth-order valence-corrected chi connectivity index (χ4v) is 0.933. The SMILES string of the molecule is CC(=O)O.CC(NC(=O)OC(C)(C)C)C(=O)OC(C)(C)C. The second-order valence-electron chi connectivity index (χ2n) is 6.42. The molecule has 0 fully saturated rings. The normalized spacial score (nSPS) is 12.4. The van der Waals surface area contributed by atoms with Crippen molar-refractivity contribution in [1.82, 2.24) is 5.32 Å². The van der Waals surface area contributed by atoms with Crippen LogP contribution in [0.1, 0.15) is 55.4 Å². The molecule has 0 aromatic carbocycles. The molecule has 0 aliphatic heterocycles. The van der Waals surface area contributed by atoms with Crippen molar-refractivity contribution in [3.05, 3.63) is 0 Å². The predicted octanol–water partition coefficient (Wildman–Crippen LogP) is 2.33. The molecule has 0 heterocycles. The van der Waals surface area contributed by atoms with Crippen molar-refractivity contribution >= 4 is 18.0 Å². The summed E-state index contributed by atoms with van der Waals surface area (Å²) < 4.78 is 10.2. The Labute approximate surface area is 126 Å². The molecule has 0 bridgehead atoms. The van der Waals surface area contributed by atoms with E-state index >= 15 is 0 Å². The molecule has 0 saturated carbocycles. The van der Waals surface area contributed by atoms with Crippen molar-refractivity contribution in [2.45, 2.75) is 72.6 Å². The van der Waals surface area contributed by atoms with Crippen LogP contribution in [0.3, 0.4) is 0 Å². The standard InChI is InChI=1S/C12H23NO4.C2H4O2/c1-8(9(14)16-11(2,3)4)13-10(15)17-12(5,6)7;1-2(3)4/h8H,1-7H3,(H,13,15);1H3,(H,3,4). The van der Waals surface area contributed by atoms with Crippen molar-refractivity contribution < 1.29 is 29.0 Å². The smallest absolute Gasteiger partial charge is 0.408 e. The van der Waals surface area contributed by atoms with Crippen LogP contribution in [0.4, 0.5) is 4.79 Å². The van der Waals surface area contributed by atoms with Crippen LogP contribution in [-0.2, 0) is 19.1 Å². The summed E-state index contributed by atoms with van der Waals surface area (Å²) >= 11 is 0. The maximum atomic E-state index is 11.6. The second-order valence-corrected chi connectivity index (χ2v) is 6.42. The Bertz CT molecular complexity index is 361. The minimum absolute atomic E-state index is 0.483. The quantitative estimate of drug-likeness (QED) is 0.759. The highest BCUT2D eigenvalue weighted by Gasteiger charge is 2.25. The van der Waals surface area contributed by atoms with Gasteiger partial charge in [0.25, 0.3) is 5.97 Å². The lowest BCUT2D eigenvalue weighted by Crippen LogP contribution is -2.44. The van der Waals surface area contributed by atoms with E-state index in [4.69, 9.17) is 19.4 Å². The van der Waals surface area contributed by atoms with Crippen molar-refractivity contribution in [3.63, 3.8) is 0 Å². The van der Waals surface area contributed by atoms with Crippen molar-refractivity contribution in [2.24, 2.45) is 0 Å². The first-order valence-corrected chi connectivity index (χ1v) is 6.56. The van der Waals surface area contributed by atoms with Gasteiger partial charge in [-0.05, 0) is 48.5 Å². The topological polar surface area (TPSA) is 102 Å². The lowest BCUT2D eigenvalue weighted by Gasteiger charge is -2.24. The molecule has 1 amide bonds. The maximum absolute atomic E-state index is 11.6. The summed E-state index contributed by atoms with van der Waals surface area (Å²) in [6.07, 6.45) is -0.629. The third-order valence-corrected chi connectivity index (χ3v) is 1.49. The Hall–Kier alpha value is -1.79. The number of hydrogen-bond donors (Lipinski definition) is 2. The molecule has 124 valence electrons. The number of carboxylic acids is 1. The third kappa shape index (κ3) is 18.2. The van der Waals surface area contributed by atoms with Crippen LogP contribution in [-0.4, -0.2) is 40.4 Å². The molecule has 0 aliphatic carbocycles. The lowest BCUT2D eigenvalue weighted by atomic mass is 10.2. The van der Waals surface area contributed by atoms with E-state index in [0.29, 0.717) is 0 Å². The fraction of sp³-hybridized carbons (Fsp3) is 0.786. The van der Waals surface area contributed by atoms with E-state index in [-0.39, 0.29) is 0 Å². The first kappa shape index (κ1) is 21.5. The van der Waals surface area contributed by atoms with E-state index in [2.05, 4.69) is 5.32 Å². The molecule has 0 radical (unpaired) electrons. The number of rotatable bonds is 2. The molecule has 2 N–H and O–H groups in total. The van der Waals surface area contributed by atoms with Crippen LogP contribution in [0.2, 0.25) is 0 Å². The monoisotopic (exact) mass is 305 g/mol. The van der Waals surface area contributed by atoms with Gasteiger partial charge in [-0.2, -0.15) is 0 Å². The zero-order valence-corrected chi connectivity index (χ0v) is 14.1. The summed E-state index contributed by atoms with van der Waals surface area (Å²) in [6, 6.07) is -0.732. The van der Waals surface area contributed by atoms with E-state index in [0.717, 1.165) is 6.92 Å². The molecule has 0 rings (SSSR count). The lowest BCUT2D eigenvalue weighted by molar-refractivity contribution is -0.157. The number of aliphatic carboxylic acids is 1. The third-order valence-electron chi connectivity index (χ3n) is 1.49. The van der Waals surface area contributed by atoms with Crippen LogP contribution in [0, 0.1) is 0 Å². The van der Waals surface area contributed by atoms with Gasteiger partial charge in [0.2, 0.25) is 0 Å². The summed E-state index contributed by atoms with van der Waals surface area (Å²) in [5, 5.41) is 9.84. The van der Waals surface area contributed by atoms with Gasteiger partial charge in [-0.3, -0.25) is 4.79 Å². The van der Waals surface area contributed by atoms with Gasteiger partial charge in [-0.1, -0.05) is 0 Å². The van der Waals surface area contributed by atoms with Gasteiger partial charge < -0.3 is 19.9 Å². The van der Waals surface area contributed by atoms with Gasteiger partial charge in [0.15, 0.2) is 0 Å². The highest BCUT2D eigenvalue weighted by Crippen LogP contribution is 2.09. The number of carboxylic acid groups (broad SMARTS) is 1. The number of nitrogens with one attached hydrogen (secondary N) is 1. The van der Waals surface area contributed by atoms with Crippen LogP contribution in [0.25, 0.3) is 0 Å². The van der Waals surface area contributed by atoms with Gasteiger partial charge in [0, 0.05) is 6.92 Å². The predicted molar refractivity (Wildman–Crippen MR) is 78.0 cm³/mol. The van der Waals surface area contributed by atoms with E-state index < -0.39 is 35.3 Å². The zero-order valence-electron chi connectivity index (χ0n) is 14.1. The molecule has 1 atom stereocenters. The molecular weight excluding hydrogens is 278 g/mol. The summed E-state index contributed by atoms with van der Waals surface area (Å²) in [4.78, 5) is 32.0. The Morgan fingerprint density at radius 2 is 1.29 bits per heavy atom. The zero-order chi connectivity index (χ0) is 17.4. The number of carbonyl (C=O) groups excluding carboxylic acids is 2. The summed E-state index contributed by atoms with van der Waals surface area (Å²) in [5.74, 6) is -1.32. The second kappa shape index (κ2) is 8.49. The van der Waals surface area contributed by atoms with Gasteiger partial charge >= 0.3 is 12.1 Å². The number of carbonyl (C=O) groups is 3. The Balaban J connectivity index is 0. The summed E-state index contributed by atoms with van der Waals surface area (Å²) in [7, 11) is 0. The maximum Gasteiger partial charge on any atom is 0.408 e. The molecule has 1 unspecified atom stereocenters. The number of esters is 1. The average Bonchev–Trinajstić information content (AvgIpc) is 2.09. The molecule has 7 heteroatoms. The molecule has 0 aromatic heterocycles. The molecule has 0 saturated heterocycles. The highest BCUT2D eigenvalue weighted by atomic mass is 16.6. The van der Waals surface area contributed by atoms with Crippen molar-refractivity contribution in [2.75, 3.05) is 0 Å². The van der Waals surface area contributed by atoms with Crippen molar-refractivity contribution in [1.29, 1.82) is 0 Å². The van der Waals surface area contributed by atoms with Crippen LogP contribution in [0.5, 0.6) is 0 Å². The molecule has 21 heavy (non-hydrogen) atoms. The van der Waals surface area contributed by atoms with Gasteiger partial charge in [0.05, 0.1) is 0 Å². The van der Waals surface area contributed by atoms with Crippen LogP contribution in [0.15, 0.2) is 0 Å². The molecule has 0 aromatic rings. The van der Waals surface area contributed by atoms with Gasteiger partial charge in [-0.25, -0.2) is 9.59 Å². The van der Waals surface area contributed by atoms with Crippen molar-refractivity contribution in [3.8, 4) is 0 Å². The van der Waals surface area contributed by atoms with E-state index in [1.54, 1.807) is 48.5 Å². The van der Waals surface area contributed by atoms with Crippen LogP contribution < -0.4 is 5.32 Å². The fourth-order valence-electron chi connectivity index (χ4n) is 0.933. The minimum atomic E-state index is -0.833. The number of amides is 1. The van der Waals surface area contributed by atoms with Crippen LogP contribution >= 0.6 is 0 Å². The largest absolute Gasteiger partial charge is 0.481 e. The van der Waals surface area contributed by atoms with Gasteiger partial charge in [0.1, 0.15) is 17.2 Å². The first-order chi connectivity index (χ1) is 9.14. The van der Waals surface area contributed by atoms with E-state index in [9.17, 15) is 9.59 Å². The first-order valence-electron chi connectivity index (χ1n) is 6.56. The van der Waals surface area contributed by atoms with E-state index in [1.165, 1.54) is 0 Å². The number of hydrogen-bond acceptors (Lipinski definition) is 5. The van der Waals surface area contributed by atoms with Gasteiger partial charge in [-0.15, -0.1) is 0 Å². The summed E-state index contributed by atoms with van der Waals surface area (Å²) in [5.41, 5.74) is -1.15.